The fraction of sp³-hybridized carbons (Fsp3) is 0.409. The number of esters is 1. The van der Waals surface area contributed by atoms with E-state index in [9.17, 15) is 9.90 Å². The van der Waals surface area contributed by atoms with Crippen molar-refractivity contribution in [2.75, 3.05) is 6.61 Å². The van der Waals surface area contributed by atoms with Crippen LogP contribution in [0.1, 0.15) is 33.6 Å². The molecule has 27 heavy (non-hydrogen) atoms. The van der Waals surface area contributed by atoms with Crippen molar-refractivity contribution in [3.05, 3.63) is 60.7 Å². The number of cyclic esters (lactones) is 1. The highest BCUT2D eigenvalue weighted by atomic mass is 28.4. The topological polar surface area (TPSA) is 55.8 Å². The molecule has 0 aliphatic carbocycles. The van der Waals surface area contributed by atoms with Gasteiger partial charge in [0.25, 0.3) is 8.32 Å². The van der Waals surface area contributed by atoms with Gasteiger partial charge in [0.2, 0.25) is 0 Å². The van der Waals surface area contributed by atoms with Gasteiger partial charge in [0.1, 0.15) is 6.10 Å². The number of carbonyl (C=O) groups excluding carboxylic acids is 1. The maximum absolute atomic E-state index is 11.7. The molecule has 1 aliphatic rings. The van der Waals surface area contributed by atoms with Crippen LogP contribution in [0.15, 0.2) is 60.7 Å². The molecule has 0 aromatic heterocycles. The molecule has 1 N–H and O–H groups in total. The first-order valence-electron chi connectivity index (χ1n) is 9.45. The van der Waals surface area contributed by atoms with E-state index in [1.807, 2.05) is 36.4 Å². The molecule has 2 aromatic rings. The summed E-state index contributed by atoms with van der Waals surface area (Å²) in [5.74, 6) is -0.357. The number of rotatable bonds is 5. The number of aliphatic hydroxyl groups is 1. The van der Waals surface area contributed by atoms with E-state index in [1.54, 1.807) is 0 Å². The Labute approximate surface area is 162 Å². The molecule has 0 saturated carbocycles. The largest absolute Gasteiger partial charge is 0.460 e. The molecule has 1 aliphatic heterocycles. The maximum Gasteiger partial charge on any atom is 0.308 e. The Hall–Kier alpha value is -1.95. The maximum atomic E-state index is 11.7. The molecule has 3 rings (SSSR count). The van der Waals surface area contributed by atoms with Crippen LogP contribution in [0, 0.1) is 0 Å². The van der Waals surface area contributed by atoms with Crippen LogP contribution < -0.4 is 10.4 Å². The monoisotopic (exact) mass is 384 g/mol. The first-order valence-corrected chi connectivity index (χ1v) is 11.4. The third kappa shape index (κ3) is 4.15. The molecule has 0 spiro atoms. The smallest absolute Gasteiger partial charge is 0.308 e. The number of benzene rings is 2. The molecule has 1 saturated heterocycles. The average Bonchev–Trinajstić information content (AvgIpc) is 2.62. The SMILES string of the molecule is CC(C)(C)[Si](OC[C@@H]1C[C@@H](O)CC(=O)O1)(c1ccccc1)c1ccccc1. The van der Waals surface area contributed by atoms with Crippen LogP contribution in [0.2, 0.25) is 5.04 Å². The van der Waals surface area contributed by atoms with Crippen LogP contribution in [-0.4, -0.2) is 38.2 Å². The third-order valence-corrected chi connectivity index (χ3v) is 10.1. The van der Waals surface area contributed by atoms with E-state index in [4.69, 9.17) is 9.16 Å². The standard InChI is InChI=1S/C22H28O4Si/c1-22(2,3)27(19-10-6-4-7-11-19,20-12-8-5-9-13-20)25-16-18-14-17(23)15-21(24)26-18/h4-13,17-18,23H,14-16H2,1-3H3/t17-,18+/m1/s1. The zero-order chi connectivity index (χ0) is 19.5. The molecule has 0 amide bonds. The number of carbonyl (C=O) groups is 1. The van der Waals surface area contributed by atoms with Gasteiger partial charge in [-0.1, -0.05) is 81.4 Å². The molecular formula is C22H28O4Si. The minimum Gasteiger partial charge on any atom is -0.460 e. The quantitative estimate of drug-likeness (QED) is 0.636. The highest BCUT2D eigenvalue weighted by molar-refractivity contribution is 6.99. The van der Waals surface area contributed by atoms with Gasteiger partial charge in [-0.15, -0.1) is 0 Å². The van der Waals surface area contributed by atoms with Gasteiger partial charge in [-0.3, -0.25) is 4.79 Å². The third-order valence-electron chi connectivity index (χ3n) is 5.14. The molecule has 0 unspecified atom stereocenters. The number of aliphatic hydroxyl groups excluding tert-OH is 1. The van der Waals surface area contributed by atoms with Gasteiger partial charge < -0.3 is 14.3 Å². The normalized spacial score (nSPS) is 21.0. The Morgan fingerprint density at radius 2 is 1.56 bits per heavy atom. The van der Waals surface area contributed by atoms with Crippen molar-refractivity contribution < 1.29 is 19.1 Å². The van der Waals surface area contributed by atoms with E-state index in [2.05, 4.69) is 45.0 Å². The van der Waals surface area contributed by atoms with E-state index in [1.165, 1.54) is 10.4 Å². The van der Waals surface area contributed by atoms with Crippen molar-refractivity contribution in [3.8, 4) is 0 Å². The van der Waals surface area contributed by atoms with Crippen molar-refractivity contribution >= 4 is 24.7 Å². The molecule has 1 fully saturated rings. The van der Waals surface area contributed by atoms with Crippen LogP contribution >= 0.6 is 0 Å². The van der Waals surface area contributed by atoms with Gasteiger partial charge in [0.05, 0.1) is 19.1 Å². The molecule has 0 radical (unpaired) electrons. The van der Waals surface area contributed by atoms with Gasteiger partial charge in [-0.2, -0.15) is 0 Å². The molecule has 2 aromatic carbocycles. The fourth-order valence-electron chi connectivity index (χ4n) is 3.94. The van der Waals surface area contributed by atoms with Crippen LogP contribution in [0.3, 0.4) is 0 Å². The van der Waals surface area contributed by atoms with Crippen molar-refractivity contribution in [2.24, 2.45) is 0 Å². The second-order valence-corrected chi connectivity index (χ2v) is 12.5. The van der Waals surface area contributed by atoms with Crippen LogP contribution in [-0.2, 0) is 14.0 Å². The molecule has 1 heterocycles. The van der Waals surface area contributed by atoms with Gasteiger partial charge >= 0.3 is 5.97 Å². The Morgan fingerprint density at radius 3 is 2.00 bits per heavy atom. The Balaban J connectivity index is 2.00. The molecule has 4 nitrogen and oxygen atoms in total. The zero-order valence-corrected chi connectivity index (χ0v) is 17.2. The van der Waals surface area contributed by atoms with Crippen molar-refractivity contribution in [3.63, 3.8) is 0 Å². The van der Waals surface area contributed by atoms with Gasteiger partial charge in [0.15, 0.2) is 0 Å². The Morgan fingerprint density at radius 1 is 1.04 bits per heavy atom. The van der Waals surface area contributed by atoms with E-state index < -0.39 is 20.5 Å². The van der Waals surface area contributed by atoms with E-state index in [0.717, 1.165) is 0 Å². The lowest BCUT2D eigenvalue weighted by Gasteiger charge is -2.44. The van der Waals surface area contributed by atoms with Crippen LogP contribution in [0.4, 0.5) is 0 Å². The summed E-state index contributed by atoms with van der Waals surface area (Å²) in [6, 6.07) is 20.7. The molecule has 5 heteroatoms. The van der Waals surface area contributed by atoms with Crippen LogP contribution in [0.25, 0.3) is 0 Å². The van der Waals surface area contributed by atoms with Crippen molar-refractivity contribution in [2.45, 2.75) is 50.9 Å². The Kier molecular flexibility index (Phi) is 5.84. The van der Waals surface area contributed by atoms with E-state index in [-0.39, 0.29) is 24.0 Å². The lowest BCUT2D eigenvalue weighted by atomic mass is 10.1. The van der Waals surface area contributed by atoms with Gasteiger partial charge in [0, 0.05) is 6.42 Å². The molecular weight excluding hydrogens is 356 g/mol. The number of ether oxygens (including phenoxy) is 1. The second kappa shape index (κ2) is 7.96. The summed E-state index contributed by atoms with van der Waals surface area (Å²) in [4.78, 5) is 11.7. The summed E-state index contributed by atoms with van der Waals surface area (Å²) in [5.41, 5.74) is 0. The zero-order valence-electron chi connectivity index (χ0n) is 16.2. The highest BCUT2D eigenvalue weighted by Gasteiger charge is 2.50. The first kappa shape index (κ1) is 19.8. The van der Waals surface area contributed by atoms with Gasteiger partial charge in [-0.25, -0.2) is 0 Å². The summed E-state index contributed by atoms with van der Waals surface area (Å²) in [7, 11) is -2.65. The van der Waals surface area contributed by atoms with Crippen molar-refractivity contribution in [1.29, 1.82) is 0 Å². The molecule has 144 valence electrons. The second-order valence-electron chi connectivity index (χ2n) is 8.18. The number of hydrogen-bond acceptors (Lipinski definition) is 4. The summed E-state index contributed by atoms with van der Waals surface area (Å²) >= 11 is 0. The van der Waals surface area contributed by atoms with E-state index >= 15 is 0 Å². The number of hydrogen-bond donors (Lipinski definition) is 1. The summed E-state index contributed by atoms with van der Waals surface area (Å²) in [6.45, 7) is 6.92. The fourth-order valence-corrected chi connectivity index (χ4v) is 8.53. The van der Waals surface area contributed by atoms with Crippen molar-refractivity contribution in [1.82, 2.24) is 0 Å². The average molecular weight is 385 g/mol. The minimum absolute atomic E-state index is 0.0652. The van der Waals surface area contributed by atoms with Crippen LogP contribution in [0.5, 0.6) is 0 Å². The van der Waals surface area contributed by atoms with E-state index in [0.29, 0.717) is 6.42 Å². The predicted octanol–water partition coefficient (Wildman–Crippen LogP) is 2.63. The van der Waals surface area contributed by atoms with Gasteiger partial charge in [-0.05, 0) is 15.4 Å². The lowest BCUT2D eigenvalue weighted by Crippen LogP contribution is -2.67. The summed E-state index contributed by atoms with van der Waals surface area (Å²) in [6.07, 6.45) is -0.582. The lowest BCUT2D eigenvalue weighted by molar-refractivity contribution is -0.162. The summed E-state index contributed by atoms with van der Waals surface area (Å²) in [5, 5.41) is 12.2. The summed E-state index contributed by atoms with van der Waals surface area (Å²) < 4.78 is 12.2. The highest BCUT2D eigenvalue weighted by Crippen LogP contribution is 2.37. The minimum atomic E-state index is -2.65. The Bertz CT molecular complexity index is 715. The molecule has 2 atom stereocenters. The predicted molar refractivity (Wildman–Crippen MR) is 109 cm³/mol. The first-order chi connectivity index (χ1) is 12.8. The molecule has 0 bridgehead atoms.